The minimum atomic E-state index is -0.407. The third-order valence-electron chi connectivity index (χ3n) is 3.55. The van der Waals surface area contributed by atoms with E-state index in [1.165, 1.54) is 25.2 Å². The molecular formula is C16H20N2O4S. The number of thiophene rings is 1. The summed E-state index contributed by atoms with van der Waals surface area (Å²) in [7, 11) is 0. The maximum Gasteiger partial charge on any atom is 0.341 e. The monoisotopic (exact) mass is 336 g/mol. The number of fused-ring (bicyclic) bond motifs is 1. The number of nitrogens with zero attached hydrogens (tertiary/aromatic N) is 2. The number of carbonyl (C=O) groups is 2. The number of carbonyl (C=O) groups excluding carboxylic acids is 2. The van der Waals surface area contributed by atoms with Gasteiger partial charge in [0.05, 0.1) is 6.61 Å². The Bertz CT molecular complexity index is 684. The third kappa shape index (κ3) is 3.85. The molecule has 0 aliphatic heterocycles. The van der Waals surface area contributed by atoms with Gasteiger partial charge in [-0.1, -0.05) is 0 Å². The fraction of sp³-hybridized carbons (Fsp3) is 0.500. The number of rotatable bonds is 5. The lowest BCUT2D eigenvalue weighted by Crippen LogP contribution is -2.09. The molecule has 0 radical (unpaired) electrons. The van der Waals surface area contributed by atoms with Crippen LogP contribution in [0.25, 0.3) is 0 Å². The van der Waals surface area contributed by atoms with Crippen LogP contribution in [0, 0.1) is 0 Å². The fourth-order valence-electron chi connectivity index (χ4n) is 2.53. The summed E-state index contributed by atoms with van der Waals surface area (Å²) in [6.07, 6.45) is 3.85. The summed E-state index contributed by atoms with van der Waals surface area (Å²) in [5.41, 5.74) is 1.34. The van der Waals surface area contributed by atoms with Gasteiger partial charge in [-0.15, -0.1) is 21.6 Å². The van der Waals surface area contributed by atoms with Crippen LogP contribution in [0.2, 0.25) is 0 Å². The van der Waals surface area contributed by atoms with E-state index in [9.17, 15) is 14.7 Å². The molecule has 0 bridgehead atoms. The van der Waals surface area contributed by atoms with E-state index >= 15 is 0 Å². The average molecular weight is 336 g/mol. The van der Waals surface area contributed by atoms with E-state index in [-0.39, 0.29) is 23.8 Å². The lowest BCUT2D eigenvalue weighted by molar-refractivity contribution is -0.113. The van der Waals surface area contributed by atoms with Gasteiger partial charge in [0.15, 0.2) is 16.5 Å². The molecule has 0 aromatic carbocycles. The second kappa shape index (κ2) is 7.50. The number of aryl methyl sites for hydroxylation is 1. The summed E-state index contributed by atoms with van der Waals surface area (Å²) in [4.78, 5) is 24.9. The van der Waals surface area contributed by atoms with Gasteiger partial charge in [-0.05, 0) is 45.1 Å². The van der Waals surface area contributed by atoms with Crippen molar-refractivity contribution in [1.82, 2.24) is 0 Å². The van der Waals surface area contributed by atoms with E-state index in [1.807, 2.05) is 0 Å². The van der Waals surface area contributed by atoms with Gasteiger partial charge in [0.2, 0.25) is 0 Å². The number of aliphatic hydroxyl groups is 1. The fourth-order valence-corrected chi connectivity index (χ4v) is 3.73. The first-order valence-electron chi connectivity index (χ1n) is 7.59. The number of hydrogen-bond acceptors (Lipinski definition) is 7. The first-order valence-corrected chi connectivity index (χ1v) is 8.41. The molecule has 1 aliphatic carbocycles. The normalized spacial score (nSPS) is 15.3. The first-order chi connectivity index (χ1) is 11.0. The Morgan fingerprint density at radius 1 is 1.26 bits per heavy atom. The average Bonchev–Trinajstić information content (AvgIpc) is 2.85. The summed E-state index contributed by atoms with van der Waals surface area (Å²) in [5.74, 6) is -0.983. The number of Topliss-reactive ketones (excluding diaryl/α,β-unsaturated/α-hetero) is 1. The van der Waals surface area contributed by atoms with Crippen molar-refractivity contribution < 1.29 is 19.4 Å². The van der Waals surface area contributed by atoms with Gasteiger partial charge in [-0.2, -0.15) is 0 Å². The summed E-state index contributed by atoms with van der Waals surface area (Å²) in [6.45, 7) is 4.72. The number of hydrogen-bond donors (Lipinski definition) is 1. The number of ketones is 1. The van der Waals surface area contributed by atoms with Crippen LogP contribution in [-0.4, -0.2) is 23.5 Å². The first kappa shape index (κ1) is 17.3. The largest absolute Gasteiger partial charge is 0.510 e. The predicted molar refractivity (Wildman–Crippen MR) is 87.4 cm³/mol. The highest BCUT2D eigenvalue weighted by molar-refractivity contribution is 7.16. The van der Waals surface area contributed by atoms with Gasteiger partial charge in [0.1, 0.15) is 11.3 Å². The van der Waals surface area contributed by atoms with E-state index in [0.717, 1.165) is 36.1 Å². The number of ether oxygens (including phenoxy) is 1. The maximum absolute atomic E-state index is 12.3. The smallest absolute Gasteiger partial charge is 0.341 e. The SMILES string of the molecule is CCOC(=O)c1c(N=NC(C(C)=O)=C(C)O)sc2c1CCCC2. The molecule has 2 rings (SSSR count). The number of aliphatic hydroxyl groups excluding tert-OH is 1. The van der Waals surface area contributed by atoms with Crippen LogP contribution in [0.4, 0.5) is 5.00 Å². The topological polar surface area (TPSA) is 88.3 Å². The van der Waals surface area contributed by atoms with Gasteiger partial charge in [0, 0.05) is 11.8 Å². The zero-order valence-corrected chi connectivity index (χ0v) is 14.3. The van der Waals surface area contributed by atoms with E-state index in [1.54, 1.807) is 6.92 Å². The zero-order chi connectivity index (χ0) is 17.0. The molecule has 0 fully saturated rings. The van der Waals surface area contributed by atoms with Crippen molar-refractivity contribution in [3.63, 3.8) is 0 Å². The van der Waals surface area contributed by atoms with Crippen LogP contribution < -0.4 is 0 Å². The molecule has 0 atom stereocenters. The van der Waals surface area contributed by atoms with E-state index in [2.05, 4.69) is 10.2 Å². The standard InChI is InChI=1S/C16H20N2O4S/c1-4-22-16(21)13-11-7-5-6-8-12(11)23-15(13)18-17-14(9(2)19)10(3)20/h19H,4-8H2,1-3H3. The van der Waals surface area contributed by atoms with Crippen molar-refractivity contribution in [2.75, 3.05) is 6.61 Å². The molecular weight excluding hydrogens is 316 g/mol. The molecule has 7 heteroatoms. The van der Waals surface area contributed by atoms with Crippen LogP contribution in [0.1, 0.15) is 54.4 Å². The highest BCUT2D eigenvalue weighted by Gasteiger charge is 2.26. The molecule has 1 N–H and O–H groups in total. The molecule has 23 heavy (non-hydrogen) atoms. The number of allylic oxidation sites excluding steroid dienone is 2. The van der Waals surface area contributed by atoms with Crippen molar-refractivity contribution in [2.24, 2.45) is 10.2 Å². The van der Waals surface area contributed by atoms with Crippen LogP contribution in [0.5, 0.6) is 0 Å². The Morgan fingerprint density at radius 2 is 1.96 bits per heavy atom. The highest BCUT2D eigenvalue weighted by Crippen LogP contribution is 2.40. The molecule has 1 aliphatic rings. The van der Waals surface area contributed by atoms with E-state index < -0.39 is 5.97 Å². The Kier molecular flexibility index (Phi) is 5.65. The number of esters is 1. The lowest BCUT2D eigenvalue weighted by Gasteiger charge is -2.11. The molecule has 1 aromatic heterocycles. The highest BCUT2D eigenvalue weighted by atomic mass is 32.1. The Hall–Kier alpha value is -2.02. The number of azo groups is 1. The Morgan fingerprint density at radius 3 is 2.57 bits per heavy atom. The minimum absolute atomic E-state index is 0.105. The van der Waals surface area contributed by atoms with Crippen molar-refractivity contribution in [3.05, 3.63) is 27.5 Å². The quantitative estimate of drug-likeness (QED) is 0.376. The second-order valence-electron chi connectivity index (χ2n) is 5.30. The molecule has 124 valence electrons. The van der Waals surface area contributed by atoms with Gasteiger partial charge < -0.3 is 9.84 Å². The molecule has 0 unspecified atom stereocenters. The molecule has 1 heterocycles. The summed E-state index contributed by atoms with van der Waals surface area (Å²) >= 11 is 1.40. The van der Waals surface area contributed by atoms with Crippen molar-refractivity contribution in [1.29, 1.82) is 0 Å². The lowest BCUT2D eigenvalue weighted by atomic mass is 9.95. The molecule has 0 saturated carbocycles. The third-order valence-corrected chi connectivity index (χ3v) is 4.73. The van der Waals surface area contributed by atoms with Gasteiger partial charge in [-0.25, -0.2) is 4.79 Å². The predicted octanol–water partition coefficient (Wildman–Crippen LogP) is 4.27. The molecule has 0 spiro atoms. The van der Waals surface area contributed by atoms with Crippen molar-refractivity contribution in [3.8, 4) is 0 Å². The molecule has 6 nitrogen and oxygen atoms in total. The summed E-state index contributed by atoms with van der Waals surface area (Å²) < 4.78 is 5.13. The maximum atomic E-state index is 12.3. The molecule has 0 saturated heterocycles. The Labute approximate surface area is 138 Å². The van der Waals surface area contributed by atoms with Crippen LogP contribution in [0.3, 0.4) is 0 Å². The Balaban J connectivity index is 2.45. The summed E-state index contributed by atoms with van der Waals surface area (Å²) in [5, 5.41) is 17.9. The van der Waals surface area contributed by atoms with Crippen molar-refractivity contribution in [2.45, 2.75) is 46.5 Å². The van der Waals surface area contributed by atoms with Crippen LogP contribution in [0.15, 0.2) is 21.7 Å². The zero-order valence-electron chi connectivity index (χ0n) is 13.5. The van der Waals surface area contributed by atoms with Gasteiger partial charge in [0.25, 0.3) is 0 Å². The van der Waals surface area contributed by atoms with Gasteiger partial charge >= 0.3 is 5.97 Å². The van der Waals surface area contributed by atoms with E-state index in [4.69, 9.17) is 4.74 Å². The molecule has 1 aromatic rings. The van der Waals surface area contributed by atoms with Crippen molar-refractivity contribution >= 4 is 28.1 Å². The van der Waals surface area contributed by atoms with E-state index in [0.29, 0.717) is 10.6 Å². The van der Waals surface area contributed by atoms with Crippen LogP contribution >= 0.6 is 11.3 Å². The minimum Gasteiger partial charge on any atom is -0.510 e. The van der Waals surface area contributed by atoms with Crippen LogP contribution in [-0.2, 0) is 22.4 Å². The van der Waals surface area contributed by atoms with Gasteiger partial charge in [-0.3, -0.25) is 4.79 Å². The second-order valence-corrected chi connectivity index (χ2v) is 6.39. The summed E-state index contributed by atoms with van der Waals surface area (Å²) in [6, 6.07) is 0. The molecule has 0 amide bonds.